The summed E-state index contributed by atoms with van der Waals surface area (Å²) in [5, 5.41) is 11.7. The molecule has 1 aromatic heterocycles. The highest BCUT2D eigenvalue weighted by Gasteiger charge is 2.19. The van der Waals surface area contributed by atoms with Crippen LogP contribution in [0.4, 0.5) is 10.7 Å². The molecule has 0 bridgehead atoms. The van der Waals surface area contributed by atoms with E-state index in [9.17, 15) is 9.90 Å². The number of carbonyl (C=O) groups is 1. The predicted octanol–water partition coefficient (Wildman–Crippen LogP) is 2.38. The van der Waals surface area contributed by atoms with Crippen molar-refractivity contribution in [1.29, 1.82) is 0 Å². The molecule has 1 heterocycles. The lowest BCUT2D eigenvalue weighted by Gasteiger charge is -2.21. The molecule has 0 unspecified atom stereocenters. The lowest BCUT2D eigenvalue weighted by molar-refractivity contribution is 0.0634. The maximum atomic E-state index is 11.5. The van der Waals surface area contributed by atoms with Gasteiger partial charge in [0.05, 0.1) is 0 Å². The van der Waals surface area contributed by atoms with Crippen LogP contribution in [0.25, 0.3) is 0 Å². The summed E-state index contributed by atoms with van der Waals surface area (Å²) < 4.78 is 5.11. The number of anilines is 1. The van der Waals surface area contributed by atoms with Gasteiger partial charge in [-0.25, -0.2) is 14.8 Å². The lowest BCUT2D eigenvalue weighted by atomic mass is 9.88. The Morgan fingerprint density at radius 2 is 1.80 bits per heavy atom. The molecule has 1 aromatic rings. The number of hydrogen-bond acceptors (Lipinski definition) is 5. The minimum absolute atomic E-state index is 0.0882. The third-order valence-electron chi connectivity index (χ3n) is 2.43. The van der Waals surface area contributed by atoms with Crippen LogP contribution >= 0.6 is 0 Å². The molecule has 0 saturated heterocycles. The van der Waals surface area contributed by atoms with E-state index >= 15 is 0 Å². The van der Waals surface area contributed by atoms with Gasteiger partial charge in [-0.1, -0.05) is 13.8 Å². The Hall–Kier alpha value is -1.69. The van der Waals surface area contributed by atoms with E-state index in [2.05, 4.69) is 15.3 Å². The highest BCUT2D eigenvalue weighted by molar-refractivity contribution is 5.82. The first kappa shape index (κ1) is 16.4. The molecule has 0 spiro atoms. The van der Waals surface area contributed by atoms with Gasteiger partial charge in [0.15, 0.2) is 0 Å². The number of nitrogens with one attached hydrogen (secondary N) is 1. The van der Waals surface area contributed by atoms with Crippen LogP contribution in [-0.2, 0) is 11.2 Å². The highest BCUT2D eigenvalue weighted by atomic mass is 16.6. The molecule has 0 saturated carbocycles. The van der Waals surface area contributed by atoms with Gasteiger partial charge in [0.2, 0.25) is 5.95 Å². The normalized spacial score (nSPS) is 12.1. The number of amides is 1. The van der Waals surface area contributed by atoms with Crippen molar-refractivity contribution < 1.29 is 14.6 Å². The molecule has 0 atom stereocenters. The second-order valence-corrected chi connectivity index (χ2v) is 6.54. The van der Waals surface area contributed by atoms with Gasteiger partial charge in [-0.15, -0.1) is 0 Å². The Morgan fingerprint density at radius 3 is 2.25 bits per heavy atom. The maximum Gasteiger partial charge on any atom is 0.414 e. The van der Waals surface area contributed by atoms with Crippen molar-refractivity contribution in [2.24, 2.45) is 5.41 Å². The first-order valence-electron chi connectivity index (χ1n) is 6.53. The average molecular weight is 281 g/mol. The zero-order chi connectivity index (χ0) is 15.4. The molecule has 0 fully saturated rings. The van der Waals surface area contributed by atoms with Crippen molar-refractivity contribution in [2.45, 2.75) is 46.6 Å². The monoisotopic (exact) mass is 281 g/mol. The molecule has 0 aromatic carbocycles. The summed E-state index contributed by atoms with van der Waals surface area (Å²) in [5.74, 6) is 0.199. The van der Waals surface area contributed by atoms with Crippen molar-refractivity contribution in [3.63, 3.8) is 0 Å². The van der Waals surface area contributed by atoms with E-state index in [-0.39, 0.29) is 18.0 Å². The smallest absolute Gasteiger partial charge is 0.414 e. The number of nitrogens with zero attached hydrogens (tertiary/aromatic N) is 2. The SMILES string of the molecule is CC(C)(CO)Cc1cnc(NC(=O)OC(C)(C)C)nc1. The van der Waals surface area contributed by atoms with Crippen molar-refractivity contribution in [2.75, 3.05) is 11.9 Å². The second-order valence-electron chi connectivity index (χ2n) is 6.54. The molecule has 6 nitrogen and oxygen atoms in total. The largest absolute Gasteiger partial charge is 0.444 e. The summed E-state index contributed by atoms with van der Waals surface area (Å²) in [7, 11) is 0. The summed E-state index contributed by atoms with van der Waals surface area (Å²) in [6.07, 6.45) is 3.35. The molecule has 20 heavy (non-hydrogen) atoms. The van der Waals surface area contributed by atoms with Crippen LogP contribution in [0, 0.1) is 5.41 Å². The third kappa shape index (κ3) is 5.97. The van der Waals surface area contributed by atoms with Crippen molar-refractivity contribution in [3.8, 4) is 0 Å². The van der Waals surface area contributed by atoms with Gasteiger partial charge in [0.25, 0.3) is 0 Å². The van der Waals surface area contributed by atoms with Gasteiger partial charge in [0, 0.05) is 19.0 Å². The van der Waals surface area contributed by atoms with Gasteiger partial charge < -0.3 is 9.84 Å². The molecule has 1 rings (SSSR count). The zero-order valence-corrected chi connectivity index (χ0v) is 12.7. The molecule has 2 N–H and O–H groups in total. The number of aliphatic hydroxyl groups excluding tert-OH is 1. The zero-order valence-electron chi connectivity index (χ0n) is 12.7. The minimum Gasteiger partial charge on any atom is -0.444 e. The Morgan fingerprint density at radius 1 is 1.25 bits per heavy atom. The summed E-state index contributed by atoms with van der Waals surface area (Å²) in [6.45, 7) is 9.36. The van der Waals surface area contributed by atoms with E-state index in [1.807, 2.05) is 13.8 Å². The Bertz CT molecular complexity index is 450. The molecule has 0 aliphatic carbocycles. The van der Waals surface area contributed by atoms with E-state index in [0.29, 0.717) is 6.42 Å². The number of aromatic nitrogens is 2. The van der Waals surface area contributed by atoms with Crippen molar-refractivity contribution >= 4 is 12.0 Å². The number of aliphatic hydroxyl groups is 1. The quantitative estimate of drug-likeness (QED) is 0.885. The third-order valence-corrected chi connectivity index (χ3v) is 2.43. The first-order chi connectivity index (χ1) is 9.11. The number of hydrogen-bond donors (Lipinski definition) is 2. The lowest BCUT2D eigenvalue weighted by Crippen LogP contribution is -2.27. The van der Waals surface area contributed by atoms with Crippen LogP contribution in [0.3, 0.4) is 0 Å². The summed E-state index contributed by atoms with van der Waals surface area (Å²) in [6, 6.07) is 0. The molecular weight excluding hydrogens is 258 g/mol. The highest BCUT2D eigenvalue weighted by Crippen LogP contribution is 2.20. The minimum atomic E-state index is -0.582. The van der Waals surface area contributed by atoms with Crippen LogP contribution < -0.4 is 5.32 Å². The standard InChI is InChI=1S/C14H23N3O3/c1-13(2,3)20-12(19)17-11-15-7-10(8-16-11)6-14(4,5)9-18/h7-8,18H,6,9H2,1-5H3,(H,15,16,17,19). The van der Waals surface area contributed by atoms with Crippen LogP contribution in [0.5, 0.6) is 0 Å². The molecule has 0 aliphatic rings. The van der Waals surface area contributed by atoms with Crippen molar-refractivity contribution in [3.05, 3.63) is 18.0 Å². The van der Waals surface area contributed by atoms with Gasteiger partial charge in [-0.05, 0) is 38.2 Å². The van der Waals surface area contributed by atoms with Gasteiger partial charge in [0.1, 0.15) is 5.60 Å². The second kappa shape index (κ2) is 6.17. The number of ether oxygens (including phenoxy) is 1. The maximum absolute atomic E-state index is 11.5. The Balaban J connectivity index is 2.61. The van der Waals surface area contributed by atoms with E-state index < -0.39 is 11.7 Å². The number of rotatable bonds is 4. The predicted molar refractivity (Wildman–Crippen MR) is 76.5 cm³/mol. The molecule has 0 radical (unpaired) electrons. The van der Waals surface area contributed by atoms with E-state index in [1.54, 1.807) is 33.2 Å². The summed E-state index contributed by atoms with van der Waals surface area (Å²) in [5.41, 5.74) is 0.123. The van der Waals surface area contributed by atoms with Crippen LogP contribution in [0.1, 0.15) is 40.2 Å². The van der Waals surface area contributed by atoms with E-state index in [4.69, 9.17) is 4.74 Å². The van der Waals surface area contributed by atoms with Gasteiger partial charge in [-0.2, -0.15) is 0 Å². The Kier molecular flexibility index (Phi) is 5.05. The van der Waals surface area contributed by atoms with Crippen LogP contribution in [-0.4, -0.2) is 33.4 Å². The van der Waals surface area contributed by atoms with E-state index in [0.717, 1.165) is 5.56 Å². The summed E-state index contributed by atoms with van der Waals surface area (Å²) in [4.78, 5) is 19.7. The number of carbonyl (C=O) groups excluding carboxylic acids is 1. The first-order valence-corrected chi connectivity index (χ1v) is 6.53. The fraction of sp³-hybridized carbons (Fsp3) is 0.643. The molecule has 1 amide bonds. The fourth-order valence-corrected chi connectivity index (χ4v) is 1.51. The average Bonchev–Trinajstić information content (AvgIpc) is 2.29. The summed E-state index contributed by atoms with van der Waals surface area (Å²) >= 11 is 0. The molecular formula is C14H23N3O3. The van der Waals surface area contributed by atoms with Gasteiger partial charge in [-0.3, -0.25) is 5.32 Å². The van der Waals surface area contributed by atoms with Crippen LogP contribution in [0.2, 0.25) is 0 Å². The fourth-order valence-electron chi connectivity index (χ4n) is 1.51. The Labute approximate surface area is 119 Å². The van der Waals surface area contributed by atoms with Gasteiger partial charge >= 0.3 is 6.09 Å². The molecule has 0 aliphatic heterocycles. The molecule has 6 heteroatoms. The van der Waals surface area contributed by atoms with Crippen molar-refractivity contribution in [1.82, 2.24) is 9.97 Å². The topological polar surface area (TPSA) is 84.3 Å². The molecule has 112 valence electrons. The van der Waals surface area contributed by atoms with Crippen LogP contribution in [0.15, 0.2) is 12.4 Å². The van der Waals surface area contributed by atoms with E-state index in [1.165, 1.54) is 0 Å².